The van der Waals surface area contributed by atoms with Gasteiger partial charge in [0, 0.05) is 0 Å². The molecule has 1 aromatic carbocycles. The SMILES string of the molecule is CC1=NNC(=O)C/C1=C/c1ccc(F)cc1. The molecule has 0 radical (unpaired) electrons. The summed E-state index contributed by atoms with van der Waals surface area (Å²) in [5.74, 6) is -0.395. The molecule has 1 amide bonds. The molecule has 1 aliphatic heterocycles. The molecular formula is C12H11FN2O. The summed E-state index contributed by atoms with van der Waals surface area (Å²) in [5, 5.41) is 3.88. The van der Waals surface area contributed by atoms with Crippen molar-refractivity contribution in [2.45, 2.75) is 13.3 Å². The largest absolute Gasteiger partial charge is 0.273 e. The van der Waals surface area contributed by atoms with Crippen LogP contribution in [-0.4, -0.2) is 11.6 Å². The monoisotopic (exact) mass is 218 g/mol. The van der Waals surface area contributed by atoms with Gasteiger partial charge >= 0.3 is 0 Å². The highest BCUT2D eigenvalue weighted by atomic mass is 19.1. The lowest BCUT2D eigenvalue weighted by atomic mass is 10.0. The highest BCUT2D eigenvalue weighted by molar-refractivity contribution is 6.08. The van der Waals surface area contributed by atoms with Gasteiger partial charge in [-0.3, -0.25) is 4.79 Å². The molecule has 0 atom stereocenters. The molecule has 3 nitrogen and oxygen atoms in total. The number of amides is 1. The first-order chi connectivity index (χ1) is 7.65. The van der Waals surface area contributed by atoms with Crippen LogP contribution in [0.15, 0.2) is 34.9 Å². The van der Waals surface area contributed by atoms with E-state index in [2.05, 4.69) is 10.5 Å². The quantitative estimate of drug-likeness (QED) is 0.770. The third-order valence-corrected chi connectivity index (χ3v) is 2.37. The van der Waals surface area contributed by atoms with Gasteiger partial charge in [0.25, 0.3) is 0 Å². The maximum absolute atomic E-state index is 12.7. The second-order valence-corrected chi connectivity index (χ2v) is 3.63. The Morgan fingerprint density at radius 1 is 1.38 bits per heavy atom. The van der Waals surface area contributed by atoms with E-state index in [1.807, 2.05) is 13.0 Å². The lowest BCUT2D eigenvalue weighted by Gasteiger charge is -2.12. The summed E-state index contributed by atoms with van der Waals surface area (Å²) < 4.78 is 12.7. The lowest BCUT2D eigenvalue weighted by molar-refractivity contribution is -0.120. The highest BCUT2D eigenvalue weighted by Crippen LogP contribution is 2.14. The van der Waals surface area contributed by atoms with Gasteiger partial charge in [-0.05, 0) is 36.3 Å². The van der Waals surface area contributed by atoms with E-state index in [1.165, 1.54) is 12.1 Å². The van der Waals surface area contributed by atoms with Crippen molar-refractivity contribution in [3.63, 3.8) is 0 Å². The van der Waals surface area contributed by atoms with E-state index in [0.29, 0.717) is 6.42 Å². The molecule has 1 N–H and O–H groups in total. The van der Waals surface area contributed by atoms with E-state index in [9.17, 15) is 9.18 Å². The molecular weight excluding hydrogens is 207 g/mol. The lowest BCUT2D eigenvalue weighted by Crippen LogP contribution is -2.26. The fourth-order valence-corrected chi connectivity index (χ4v) is 1.47. The third kappa shape index (κ3) is 2.34. The van der Waals surface area contributed by atoms with Crippen molar-refractivity contribution >= 4 is 17.7 Å². The number of halogens is 1. The number of hydrazone groups is 1. The minimum Gasteiger partial charge on any atom is -0.273 e. The average molecular weight is 218 g/mol. The number of hydrogen-bond acceptors (Lipinski definition) is 2. The predicted molar refractivity (Wildman–Crippen MR) is 60.2 cm³/mol. The van der Waals surface area contributed by atoms with Gasteiger partial charge in [-0.2, -0.15) is 5.10 Å². The summed E-state index contributed by atoms with van der Waals surface area (Å²) in [5.41, 5.74) is 4.90. The van der Waals surface area contributed by atoms with Crippen molar-refractivity contribution < 1.29 is 9.18 Å². The fraction of sp³-hybridized carbons (Fsp3) is 0.167. The first kappa shape index (κ1) is 10.5. The standard InChI is InChI=1S/C12H11FN2O/c1-8-10(7-12(16)15-14-8)6-9-2-4-11(13)5-3-9/h2-6H,7H2,1H3,(H,15,16)/b10-6-. The van der Waals surface area contributed by atoms with Crippen molar-refractivity contribution in [3.05, 3.63) is 41.2 Å². The van der Waals surface area contributed by atoms with Gasteiger partial charge in [-0.25, -0.2) is 9.82 Å². The van der Waals surface area contributed by atoms with Crippen molar-refractivity contribution in [2.24, 2.45) is 5.10 Å². The molecule has 82 valence electrons. The Hall–Kier alpha value is -1.97. The zero-order valence-electron chi connectivity index (χ0n) is 8.83. The predicted octanol–water partition coefficient (Wildman–Crippen LogP) is 2.10. The molecule has 0 aromatic heterocycles. The molecule has 1 heterocycles. The van der Waals surface area contributed by atoms with Crippen LogP contribution in [-0.2, 0) is 4.79 Å². The van der Waals surface area contributed by atoms with Crippen molar-refractivity contribution in [1.82, 2.24) is 5.43 Å². The number of carbonyl (C=O) groups is 1. The summed E-state index contributed by atoms with van der Waals surface area (Å²) in [6.45, 7) is 1.83. The van der Waals surface area contributed by atoms with Crippen LogP contribution in [0.4, 0.5) is 4.39 Å². The molecule has 16 heavy (non-hydrogen) atoms. The summed E-state index contributed by atoms with van der Waals surface area (Å²) in [6, 6.07) is 6.12. The second-order valence-electron chi connectivity index (χ2n) is 3.63. The van der Waals surface area contributed by atoms with Crippen LogP contribution in [0, 0.1) is 5.82 Å². The maximum atomic E-state index is 12.7. The van der Waals surface area contributed by atoms with Crippen molar-refractivity contribution in [3.8, 4) is 0 Å². The Kier molecular flexibility index (Phi) is 2.81. The minimum absolute atomic E-state index is 0.126. The van der Waals surface area contributed by atoms with E-state index in [0.717, 1.165) is 16.8 Å². The Balaban J connectivity index is 2.29. The van der Waals surface area contributed by atoms with Crippen LogP contribution in [0.5, 0.6) is 0 Å². The van der Waals surface area contributed by atoms with E-state index >= 15 is 0 Å². The number of hydrogen-bond donors (Lipinski definition) is 1. The summed E-state index contributed by atoms with van der Waals surface area (Å²) in [4.78, 5) is 11.1. The molecule has 2 rings (SSSR count). The number of benzene rings is 1. The Labute approximate surface area is 92.7 Å². The zero-order chi connectivity index (χ0) is 11.5. The van der Waals surface area contributed by atoms with Gasteiger partial charge in [0.15, 0.2) is 0 Å². The summed E-state index contributed by atoms with van der Waals surface area (Å²) >= 11 is 0. The van der Waals surface area contributed by atoms with Gasteiger partial charge < -0.3 is 0 Å². The van der Waals surface area contributed by atoms with E-state index in [-0.39, 0.29) is 11.7 Å². The van der Waals surface area contributed by atoms with E-state index in [4.69, 9.17) is 0 Å². The Morgan fingerprint density at radius 2 is 2.06 bits per heavy atom. The van der Waals surface area contributed by atoms with Crippen LogP contribution in [0.1, 0.15) is 18.9 Å². The molecule has 0 bridgehead atoms. The molecule has 0 fully saturated rings. The first-order valence-electron chi connectivity index (χ1n) is 4.95. The van der Waals surface area contributed by atoms with Gasteiger partial charge in [0.1, 0.15) is 5.82 Å². The van der Waals surface area contributed by atoms with Gasteiger partial charge in [-0.1, -0.05) is 12.1 Å². The Morgan fingerprint density at radius 3 is 2.75 bits per heavy atom. The second kappa shape index (κ2) is 4.26. The molecule has 0 unspecified atom stereocenters. The van der Waals surface area contributed by atoms with Crippen LogP contribution >= 0.6 is 0 Å². The number of carbonyl (C=O) groups excluding carboxylic acids is 1. The molecule has 4 heteroatoms. The van der Waals surface area contributed by atoms with Gasteiger partial charge in [0.2, 0.25) is 5.91 Å². The minimum atomic E-state index is -0.270. The molecule has 1 aromatic rings. The van der Waals surface area contributed by atoms with E-state index < -0.39 is 0 Å². The van der Waals surface area contributed by atoms with Crippen molar-refractivity contribution in [2.75, 3.05) is 0 Å². The molecule has 0 saturated heterocycles. The number of nitrogens with zero attached hydrogens (tertiary/aromatic N) is 1. The zero-order valence-corrected chi connectivity index (χ0v) is 8.83. The third-order valence-electron chi connectivity index (χ3n) is 2.37. The molecule has 1 aliphatic rings. The normalized spacial score (nSPS) is 18.2. The molecule has 0 saturated carbocycles. The number of rotatable bonds is 1. The maximum Gasteiger partial charge on any atom is 0.244 e. The summed E-state index contributed by atoms with van der Waals surface area (Å²) in [7, 11) is 0. The number of nitrogens with one attached hydrogen (secondary N) is 1. The van der Waals surface area contributed by atoms with E-state index in [1.54, 1.807) is 12.1 Å². The average Bonchev–Trinajstić information content (AvgIpc) is 2.27. The molecule has 0 spiro atoms. The molecule has 0 aliphatic carbocycles. The van der Waals surface area contributed by atoms with Crippen LogP contribution < -0.4 is 5.43 Å². The fourth-order valence-electron chi connectivity index (χ4n) is 1.47. The van der Waals surface area contributed by atoms with Crippen LogP contribution in [0.2, 0.25) is 0 Å². The first-order valence-corrected chi connectivity index (χ1v) is 4.95. The topological polar surface area (TPSA) is 41.5 Å². The van der Waals surface area contributed by atoms with Crippen LogP contribution in [0.25, 0.3) is 6.08 Å². The highest BCUT2D eigenvalue weighted by Gasteiger charge is 2.13. The van der Waals surface area contributed by atoms with Crippen LogP contribution in [0.3, 0.4) is 0 Å². The van der Waals surface area contributed by atoms with Crippen molar-refractivity contribution in [1.29, 1.82) is 0 Å². The Bertz CT molecular complexity index is 474. The van der Waals surface area contributed by atoms with Gasteiger partial charge in [0.05, 0.1) is 12.1 Å². The summed E-state index contributed by atoms with van der Waals surface area (Å²) in [6.07, 6.45) is 2.16. The smallest absolute Gasteiger partial charge is 0.244 e. The van der Waals surface area contributed by atoms with Gasteiger partial charge in [-0.15, -0.1) is 0 Å².